The lowest BCUT2D eigenvalue weighted by atomic mass is 10.2. The maximum Gasteiger partial charge on any atom is 0.315 e. The molecule has 1 aromatic carbocycles. The van der Waals surface area contributed by atoms with Crippen molar-refractivity contribution in [3.8, 4) is 0 Å². The first-order valence-electron chi connectivity index (χ1n) is 7.56. The molecule has 1 heterocycles. The van der Waals surface area contributed by atoms with Gasteiger partial charge in [0.25, 0.3) is 0 Å². The second-order valence-corrected chi connectivity index (χ2v) is 5.69. The highest BCUT2D eigenvalue weighted by atomic mass is 16.2. The number of nitrogens with zero attached hydrogens (tertiary/aromatic N) is 2. The second-order valence-electron chi connectivity index (χ2n) is 5.69. The summed E-state index contributed by atoms with van der Waals surface area (Å²) in [4.78, 5) is 30.3. The Hall–Kier alpha value is -2.69. The van der Waals surface area contributed by atoms with Gasteiger partial charge in [0.2, 0.25) is 0 Å². The molecule has 120 valence electrons. The molecule has 0 atom stereocenters. The van der Waals surface area contributed by atoms with Crippen molar-refractivity contribution in [3.63, 3.8) is 0 Å². The second kappa shape index (κ2) is 7.54. The highest BCUT2D eigenvalue weighted by Crippen LogP contribution is 2.10. The van der Waals surface area contributed by atoms with Crippen LogP contribution in [-0.4, -0.2) is 27.7 Å². The summed E-state index contributed by atoms with van der Waals surface area (Å²) < 4.78 is 0. The van der Waals surface area contributed by atoms with E-state index in [0.717, 1.165) is 11.1 Å². The van der Waals surface area contributed by atoms with Gasteiger partial charge in [-0.2, -0.15) is 0 Å². The molecule has 23 heavy (non-hydrogen) atoms. The molecule has 0 fully saturated rings. The van der Waals surface area contributed by atoms with Crippen molar-refractivity contribution >= 4 is 17.6 Å². The standard InChI is InChI=1S/C18H21N3O2/c1-13(2)21(12-15-7-5-4-6-8-15)18(23)17(22)20-16-10-9-14(3)11-19-16/h4-11,13H,12H2,1-3H3,(H,19,20,22). The first-order chi connectivity index (χ1) is 11.0. The van der Waals surface area contributed by atoms with Crippen LogP contribution in [0, 0.1) is 6.92 Å². The largest absolute Gasteiger partial charge is 0.328 e. The number of anilines is 1. The molecule has 0 radical (unpaired) electrons. The van der Waals surface area contributed by atoms with E-state index in [1.165, 1.54) is 0 Å². The maximum atomic E-state index is 12.4. The third-order valence-electron chi connectivity index (χ3n) is 3.43. The third-order valence-corrected chi connectivity index (χ3v) is 3.43. The Morgan fingerprint density at radius 3 is 2.39 bits per heavy atom. The number of benzene rings is 1. The Morgan fingerprint density at radius 2 is 1.83 bits per heavy atom. The zero-order chi connectivity index (χ0) is 16.8. The molecule has 0 saturated heterocycles. The molecule has 0 bridgehead atoms. The number of nitrogens with one attached hydrogen (secondary N) is 1. The highest BCUT2D eigenvalue weighted by Gasteiger charge is 2.24. The van der Waals surface area contributed by atoms with Crippen LogP contribution >= 0.6 is 0 Å². The molecule has 0 aliphatic carbocycles. The number of aryl methyl sites for hydroxylation is 1. The first kappa shape index (κ1) is 16.7. The van der Waals surface area contributed by atoms with E-state index >= 15 is 0 Å². The van der Waals surface area contributed by atoms with Crippen molar-refractivity contribution in [2.24, 2.45) is 0 Å². The molecule has 2 amide bonds. The Morgan fingerprint density at radius 1 is 1.13 bits per heavy atom. The van der Waals surface area contributed by atoms with Crippen molar-refractivity contribution in [2.75, 3.05) is 5.32 Å². The minimum Gasteiger partial charge on any atom is -0.328 e. The number of carbonyl (C=O) groups excluding carboxylic acids is 2. The van der Waals surface area contributed by atoms with E-state index in [1.807, 2.05) is 57.2 Å². The number of rotatable bonds is 4. The SMILES string of the molecule is Cc1ccc(NC(=O)C(=O)N(Cc2ccccc2)C(C)C)nc1. The fourth-order valence-electron chi connectivity index (χ4n) is 2.11. The summed E-state index contributed by atoms with van der Waals surface area (Å²) in [5, 5.41) is 2.55. The van der Waals surface area contributed by atoms with Crippen LogP contribution in [0.2, 0.25) is 0 Å². The molecule has 0 saturated carbocycles. The van der Waals surface area contributed by atoms with E-state index in [2.05, 4.69) is 10.3 Å². The van der Waals surface area contributed by atoms with Gasteiger partial charge in [0, 0.05) is 18.8 Å². The van der Waals surface area contributed by atoms with Gasteiger partial charge in [-0.15, -0.1) is 0 Å². The molecular weight excluding hydrogens is 290 g/mol. The van der Waals surface area contributed by atoms with Crippen LogP contribution in [0.4, 0.5) is 5.82 Å². The summed E-state index contributed by atoms with van der Waals surface area (Å²) in [5.74, 6) is -0.866. The smallest absolute Gasteiger partial charge is 0.315 e. The fourth-order valence-corrected chi connectivity index (χ4v) is 2.11. The number of aromatic nitrogens is 1. The number of pyridine rings is 1. The van der Waals surface area contributed by atoms with E-state index in [1.54, 1.807) is 17.2 Å². The van der Waals surface area contributed by atoms with Gasteiger partial charge < -0.3 is 10.2 Å². The Balaban J connectivity index is 2.07. The summed E-state index contributed by atoms with van der Waals surface area (Å²) >= 11 is 0. The van der Waals surface area contributed by atoms with Crippen LogP contribution in [0.1, 0.15) is 25.0 Å². The average Bonchev–Trinajstić information content (AvgIpc) is 2.55. The quantitative estimate of drug-likeness (QED) is 0.883. The summed E-state index contributed by atoms with van der Waals surface area (Å²) in [7, 11) is 0. The van der Waals surface area contributed by atoms with Crippen LogP contribution in [-0.2, 0) is 16.1 Å². The summed E-state index contributed by atoms with van der Waals surface area (Å²) in [6.45, 7) is 6.08. The van der Waals surface area contributed by atoms with Gasteiger partial charge >= 0.3 is 11.8 Å². The van der Waals surface area contributed by atoms with E-state index < -0.39 is 11.8 Å². The minimum absolute atomic E-state index is 0.0839. The predicted molar refractivity (Wildman–Crippen MR) is 89.7 cm³/mol. The van der Waals surface area contributed by atoms with Gasteiger partial charge in [-0.1, -0.05) is 36.4 Å². The zero-order valence-electron chi connectivity index (χ0n) is 13.6. The molecule has 1 N–H and O–H groups in total. The number of amides is 2. The Kier molecular flexibility index (Phi) is 5.46. The molecule has 0 unspecified atom stereocenters. The fraction of sp³-hybridized carbons (Fsp3) is 0.278. The molecule has 2 rings (SSSR count). The highest BCUT2D eigenvalue weighted by molar-refractivity contribution is 6.39. The topological polar surface area (TPSA) is 62.3 Å². The van der Waals surface area contributed by atoms with Crippen molar-refractivity contribution in [3.05, 3.63) is 59.8 Å². The molecule has 1 aromatic heterocycles. The molecule has 2 aromatic rings. The average molecular weight is 311 g/mol. The van der Waals surface area contributed by atoms with Crippen molar-refractivity contribution < 1.29 is 9.59 Å². The van der Waals surface area contributed by atoms with Crippen molar-refractivity contribution in [1.82, 2.24) is 9.88 Å². The molecule has 0 aliphatic rings. The number of hydrogen-bond donors (Lipinski definition) is 1. The van der Waals surface area contributed by atoms with E-state index in [0.29, 0.717) is 12.4 Å². The monoisotopic (exact) mass is 311 g/mol. The molecule has 5 nitrogen and oxygen atoms in total. The predicted octanol–water partition coefficient (Wildman–Crippen LogP) is 2.77. The molecule has 5 heteroatoms. The van der Waals surface area contributed by atoms with Gasteiger partial charge in [-0.05, 0) is 38.0 Å². The van der Waals surface area contributed by atoms with Crippen molar-refractivity contribution in [1.29, 1.82) is 0 Å². The number of carbonyl (C=O) groups is 2. The lowest BCUT2D eigenvalue weighted by Crippen LogP contribution is -2.43. The number of hydrogen-bond acceptors (Lipinski definition) is 3. The Bertz CT molecular complexity index is 666. The van der Waals surface area contributed by atoms with Crippen LogP contribution in [0.25, 0.3) is 0 Å². The summed E-state index contributed by atoms with van der Waals surface area (Å²) in [6.07, 6.45) is 1.64. The van der Waals surface area contributed by atoms with Crippen LogP contribution in [0.15, 0.2) is 48.7 Å². The van der Waals surface area contributed by atoms with Gasteiger partial charge in [-0.3, -0.25) is 9.59 Å². The van der Waals surface area contributed by atoms with E-state index in [4.69, 9.17) is 0 Å². The zero-order valence-corrected chi connectivity index (χ0v) is 13.6. The molecule has 0 aliphatic heterocycles. The first-order valence-corrected chi connectivity index (χ1v) is 7.56. The Labute approximate surface area is 136 Å². The minimum atomic E-state index is -0.675. The van der Waals surface area contributed by atoms with Crippen LogP contribution < -0.4 is 5.32 Å². The third kappa shape index (κ3) is 4.64. The molecular formula is C18H21N3O2. The lowest BCUT2D eigenvalue weighted by Gasteiger charge is -2.26. The van der Waals surface area contributed by atoms with Gasteiger partial charge in [0.05, 0.1) is 0 Å². The maximum absolute atomic E-state index is 12.4. The van der Waals surface area contributed by atoms with E-state index in [-0.39, 0.29) is 6.04 Å². The van der Waals surface area contributed by atoms with Gasteiger partial charge in [0.1, 0.15) is 5.82 Å². The summed E-state index contributed by atoms with van der Waals surface area (Å²) in [6, 6.07) is 13.0. The summed E-state index contributed by atoms with van der Waals surface area (Å²) in [5.41, 5.74) is 1.97. The lowest BCUT2D eigenvalue weighted by molar-refractivity contribution is -0.144. The van der Waals surface area contributed by atoms with E-state index in [9.17, 15) is 9.59 Å². The van der Waals surface area contributed by atoms with Crippen LogP contribution in [0.5, 0.6) is 0 Å². The molecule has 0 spiro atoms. The van der Waals surface area contributed by atoms with Crippen LogP contribution in [0.3, 0.4) is 0 Å². The van der Waals surface area contributed by atoms with Gasteiger partial charge in [-0.25, -0.2) is 4.98 Å². The van der Waals surface area contributed by atoms with Gasteiger partial charge in [0.15, 0.2) is 0 Å². The normalized spacial score (nSPS) is 10.4. The van der Waals surface area contributed by atoms with Crippen molar-refractivity contribution in [2.45, 2.75) is 33.4 Å².